The molecule has 0 heterocycles. The minimum Gasteiger partial charge on any atom is -0.508 e. The number of hydrogen-bond acceptors (Lipinski definition) is 5. The van der Waals surface area contributed by atoms with Gasteiger partial charge in [-0.05, 0) is 68.4 Å². The lowest BCUT2D eigenvalue weighted by Crippen LogP contribution is -2.55. The van der Waals surface area contributed by atoms with Crippen LogP contribution >= 0.6 is 0 Å². The van der Waals surface area contributed by atoms with Gasteiger partial charge in [0.15, 0.2) is 11.5 Å². The molecule has 6 nitrogen and oxygen atoms in total. The van der Waals surface area contributed by atoms with Gasteiger partial charge in [0.25, 0.3) is 0 Å². The molecule has 3 atom stereocenters. The summed E-state index contributed by atoms with van der Waals surface area (Å²) in [5.41, 5.74) is -0.662. The largest absolute Gasteiger partial charge is 0.508 e. The van der Waals surface area contributed by atoms with Crippen LogP contribution in [0.5, 0.6) is 17.2 Å². The molecule has 196 valence electrons. The first-order valence-corrected chi connectivity index (χ1v) is 15.4. The SMILES string of the molecule is CC1(C)C2CCC1(CS(=O)(=O)N(C1CCCCC1)C1CCCCC1)C(Oc1ccc(O)cc1O)C2. The van der Waals surface area contributed by atoms with E-state index in [1.165, 1.54) is 25.0 Å². The molecule has 4 fully saturated rings. The van der Waals surface area contributed by atoms with Gasteiger partial charge in [-0.3, -0.25) is 0 Å². The molecule has 7 heteroatoms. The van der Waals surface area contributed by atoms with Crippen molar-refractivity contribution in [3.63, 3.8) is 0 Å². The fourth-order valence-electron chi connectivity index (χ4n) is 8.09. The quantitative estimate of drug-likeness (QED) is 0.477. The lowest BCUT2D eigenvalue weighted by Gasteiger charge is -2.46. The summed E-state index contributed by atoms with van der Waals surface area (Å²) in [5, 5.41) is 20.1. The number of benzene rings is 1. The number of ether oxygens (including phenoxy) is 1. The van der Waals surface area contributed by atoms with Crippen LogP contribution in [0.4, 0.5) is 0 Å². The van der Waals surface area contributed by atoms with E-state index in [0.717, 1.165) is 70.6 Å². The Hall–Kier alpha value is -1.47. The van der Waals surface area contributed by atoms with Crippen LogP contribution in [-0.4, -0.2) is 46.9 Å². The Morgan fingerprint density at radius 3 is 2.09 bits per heavy atom. The summed E-state index contributed by atoms with van der Waals surface area (Å²) in [6.45, 7) is 4.46. The fraction of sp³-hybridized carbons (Fsp3) is 0.786. The molecule has 5 rings (SSSR count). The van der Waals surface area contributed by atoms with Crippen LogP contribution in [0, 0.1) is 16.7 Å². The second-order valence-corrected chi connectivity index (χ2v) is 14.2. The Morgan fingerprint density at radius 1 is 0.943 bits per heavy atom. The molecule has 2 bridgehead atoms. The number of rotatable bonds is 7. The van der Waals surface area contributed by atoms with E-state index in [9.17, 15) is 18.6 Å². The molecule has 0 aromatic heterocycles. The molecule has 1 aromatic rings. The van der Waals surface area contributed by atoms with Crippen molar-refractivity contribution >= 4 is 10.0 Å². The van der Waals surface area contributed by atoms with Crippen molar-refractivity contribution < 1.29 is 23.4 Å². The van der Waals surface area contributed by atoms with Gasteiger partial charge in [0.2, 0.25) is 10.0 Å². The van der Waals surface area contributed by atoms with Gasteiger partial charge in [-0.1, -0.05) is 52.4 Å². The molecule has 0 aliphatic heterocycles. The van der Waals surface area contributed by atoms with Crippen molar-refractivity contribution in [2.24, 2.45) is 16.7 Å². The summed E-state index contributed by atoms with van der Waals surface area (Å²) in [6, 6.07) is 4.64. The Balaban J connectivity index is 1.47. The summed E-state index contributed by atoms with van der Waals surface area (Å²) in [5.74, 6) is 0.731. The van der Waals surface area contributed by atoms with Crippen molar-refractivity contribution in [3.05, 3.63) is 18.2 Å². The molecular formula is C28H43NO5S. The number of sulfonamides is 1. The van der Waals surface area contributed by atoms with E-state index < -0.39 is 15.4 Å². The maximum atomic E-state index is 14.5. The third-order valence-corrected chi connectivity index (χ3v) is 12.3. The summed E-state index contributed by atoms with van der Waals surface area (Å²) in [6.07, 6.45) is 13.2. The zero-order valence-electron chi connectivity index (χ0n) is 21.4. The van der Waals surface area contributed by atoms with E-state index in [4.69, 9.17) is 4.74 Å². The average Bonchev–Trinajstić information content (AvgIpc) is 3.17. The molecule has 4 saturated carbocycles. The number of aromatic hydroxyl groups is 2. The molecule has 0 saturated heterocycles. The first-order valence-electron chi connectivity index (χ1n) is 13.8. The van der Waals surface area contributed by atoms with Crippen molar-refractivity contribution in [2.45, 2.75) is 116 Å². The van der Waals surface area contributed by atoms with Gasteiger partial charge < -0.3 is 14.9 Å². The molecular weight excluding hydrogens is 462 g/mol. The highest BCUT2D eigenvalue weighted by Gasteiger charge is 2.67. The molecule has 35 heavy (non-hydrogen) atoms. The van der Waals surface area contributed by atoms with Gasteiger partial charge >= 0.3 is 0 Å². The van der Waals surface area contributed by atoms with Crippen molar-refractivity contribution in [3.8, 4) is 17.2 Å². The topological polar surface area (TPSA) is 87.1 Å². The lowest BCUT2D eigenvalue weighted by molar-refractivity contribution is 0.0293. The lowest BCUT2D eigenvalue weighted by atomic mass is 9.69. The molecule has 0 spiro atoms. The summed E-state index contributed by atoms with van der Waals surface area (Å²) in [7, 11) is -3.51. The second kappa shape index (κ2) is 9.44. The van der Waals surface area contributed by atoms with Crippen molar-refractivity contribution in [1.29, 1.82) is 0 Å². The zero-order valence-corrected chi connectivity index (χ0v) is 22.2. The molecule has 4 aliphatic rings. The average molecular weight is 506 g/mol. The van der Waals surface area contributed by atoms with Gasteiger partial charge in [0.1, 0.15) is 11.9 Å². The van der Waals surface area contributed by atoms with Crippen LogP contribution in [0.1, 0.15) is 97.3 Å². The van der Waals surface area contributed by atoms with Crippen LogP contribution < -0.4 is 4.74 Å². The van der Waals surface area contributed by atoms with Gasteiger partial charge in [-0.25, -0.2) is 8.42 Å². The molecule has 4 aliphatic carbocycles. The highest BCUT2D eigenvalue weighted by molar-refractivity contribution is 7.89. The van der Waals surface area contributed by atoms with Crippen molar-refractivity contribution in [2.75, 3.05) is 5.75 Å². The molecule has 1 aromatic carbocycles. The first-order chi connectivity index (χ1) is 16.6. The first kappa shape index (κ1) is 25.2. The minimum atomic E-state index is -3.51. The van der Waals surface area contributed by atoms with Crippen LogP contribution in [-0.2, 0) is 10.0 Å². The number of fused-ring (bicyclic) bond motifs is 2. The smallest absolute Gasteiger partial charge is 0.215 e. The van der Waals surface area contributed by atoms with E-state index in [-0.39, 0.29) is 40.9 Å². The normalized spacial score (nSPS) is 31.7. The number of phenolic OH excluding ortho intramolecular Hbond substituents is 2. The summed E-state index contributed by atoms with van der Waals surface area (Å²) >= 11 is 0. The monoisotopic (exact) mass is 505 g/mol. The van der Waals surface area contributed by atoms with Gasteiger partial charge in [-0.15, -0.1) is 0 Å². The summed E-state index contributed by atoms with van der Waals surface area (Å²) in [4.78, 5) is 0. The van der Waals surface area contributed by atoms with E-state index in [1.807, 2.05) is 4.31 Å². The van der Waals surface area contributed by atoms with Crippen molar-refractivity contribution in [1.82, 2.24) is 4.31 Å². The predicted octanol–water partition coefficient (Wildman–Crippen LogP) is 5.97. The number of nitrogens with zero attached hydrogens (tertiary/aromatic N) is 1. The van der Waals surface area contributed by atoms with E-state index in [2.05, 4.69) is 13.8 Å². The Kier molecular flexibility index (Phi) is 6.79. The maximum Gasteiger partial charge on any atom is 0.215 e. The van der Waals surface area contributed by atoms with Crippen LogP contribution in [0.2, 0.25) is 0 Å². The number of hydrogen-bond donors (Lipinski definition) is 2. The predicted molar refractivity (Wildman–Crippen MR) is 137 cm³/mol. The highest BCUT2D eigenvalue weighted by atomic mass is 32.2. The molecule has 0 radical (unpaired) electrons. The number of phenols is 2. The standard InChI is InChI=1S/C28H43NO5S/c1-27(2)20-15-16-28(27,26(17-20)34-25-14-13-23(30)18-24(25)31)19-35(32,33)29(21-9-5-3-6-10-21)22-11-7-4-8-12-22/h13-14,18,20-22,26,30-31H,3-12,15-17,19H2,1-2H3. The zero-order chi connectivity index (χ0) is 24.8. The van der Waals surface area contributed by atoms with Gasteiger partial charge in [0, 0.05) is 23.6 Å². The third kappa shape index (κ3) is 4.45. The highest BCUT2D eigenvalue weighted by Crippen LogP contribution is 2.67. The molecule has 3 unspecified atom stereocenters. The minimum absolute atomic E-state index is 0.0176. The second-order valence-electron chi connectivity index (χ2n) is 12.3. The van der Waals surface area contributed by atoms with Crippen LogP contribution in [0.3, 0.4) is 0 Å². The molecule has 2 N–H and O–H groups in total. The Morgan fingerprint density at radius 2 is 1.54 bits per heavy atom. The van der Waals surface area contributed by atoms with Gasteiger partial charge in [-0.2, -0.15) is 4.31 Å². The van der Waals surface area contributed by atoms with E-state index in [1.54, 1.807) is 6.07 Å². The Bertz CT molecular complexity index is 994. The van der Waals surface area contributed by atoms with Crippen LogP contribution in [0.25, 0.3) is 0 Å². The summed E-state index contributed by atoms with van der Waals surface area (Å²) < 4.78 is 37.3. The fourth-order valence-corrected chi connectivity index (χ4v) is 10.9. The van der Waals surface area contributed by atoms with Crippen LogP contribution in [0.15, 0.2) is 18.2 Å². The van der Waals surface area contributed by atoms with Gasteiger partial charge in [0.05, 0.1) is 5.75 Å². The van der Waals surface area contributed by atoms with E-state index >= 15 is 0 Å². The molecule has 0 amide bonds. The van der Waals surface area contributed by atoms with E-state index in [0.29, 0.717) is 11.7 Å². The maximum absolute atomic E-state index is 14.5. The Labute approximate surface area is 211 Å². The third-order valence-electron chi connectivity index (χ3n) is 10.2.